The predicted molar refractivity (Wildman–Crippen MR) is 157 cm³/mol. The van der Waals surface area contributed by atoms with Crippen molar-refractivity contribution in [1.82, 2.24) is 24.7 Å². The van der Waals surface area contributed by atoms with Gasteiger partial charge in [-0.15, -0.1) is 12.4 Å². The molecule has 11 nitrogen and oxygen atoms in total. The van der Waals surface area contributed by atoms with Gasteiger partial charge in [0.1, 0.15) is 5.82 Å². The summed E-state index contributed by atoms with van der Waals surface area (Å²) in [6.45, 7) is 4.92. The van der Waals surface area contributed by atoms with Crippen LogP contribution in [0.3, 0.4) is 0 Å². The van der Waals surface area contributed by atoms with Gasteiger partial charge < -0.3 is 26.6 Å². The van der Waals surface area contributed by atoms with Crippen molar-refractivity contribution in [2.75, 3.05) is 31.5 Å². The number of urea groups is 1. The first-order valence-corrected chi connectivity index (χ1v) is 13.9. The van der Waals surface area contributed by atoms with Crippen LogP contribution < -0.4 is 27.8 Å². The molecule has 0 radical (unpaired) electrons. The number of halogens is 1. The fraction of sp³-hybridized carbons (Fsp3) is 0.571. The van der Waals surface area contributed by atoms with Crippen molar-refractivity contribution >= 4 is 30.2 Å². The summed E-state index contributed by atoms with van der Waals surface area (Å²) in [5, 5.41) is 6.53. The predicted octanol–water partition coefficient (Wildman–Crippen LogP) is 1.39. The van der Waals surface area contributed by atoms with Crippen molar-refractivity contribution in [1.29, 1.82) is 0 Å². The molecule has 0 bridgehead atoms. The Bertz CT molecular complexity index is 1280. The summed E-state index contributed by atoms with van der Waals surface area (Å²) < 4.78 is 1.50. The lowest BCUT2D eigenvalue weighted by atomic mass is 9.91. The molecule has 3 amide bonds. The van der Waals surface area contributed by atoms with Gasteiger partial charge in [-0.25, -0.2) is 9.59 Å². The second-order valence-electron chi connectivity index (χ2n) is 11.7. The summed E-state index contributed by atoms with van der Waals surface area (Å²) in [7, 11) is 0. The average Bonchev–Trinajstić information content (AvgIpc) is 3.30. The second-order valence-corrected chi connectivity index (χ2v) is 11.7. The number of hydrogen-bond donors (Lipinski definition) is 4. The van der Waals surface area contributed by atoms with Gasteiger partial charge in [0.05, 0.1) is 11.2 Å². The van der Waals surface area contributed by atoms with E-state index in [9.17, 15) is 14.4 Å². The van der Waals surface area contributed by atoms with E-state index in [1.54, 1.807) is 35.9 Å². The molecule has 1 unspecified atom stereocenters. The molecule has 0 spiro atoms. The molecule has 1 aliphatic heterocycles. The molecule has 1 atom stereocenters. The van der Waals surface area contributed by atoms with Crippen molar-refractivity contribution in [3.05, 3.63) is 52.1 Å². The topological polar surface area (TPSA) is 152 Å². The lowest BCUT2D eigenvalue weighted by molar-refractivity contribution is -0.137. The van der Waals surface area contributed by atoms with Crippen molar-refractivity contribution in [3.8, 4) is 5.69 Å². The summed E-state index contributed by atoms with van der Waals surface area (Å²) >= 11 is 0. The molecule has 1 aromatic heterocycles. The molecular weight excluding hydrogens is 532 g/mol. The van der Waals surface area contributed by atoms with Crippen LogP contribution in [0.5, 0.6) is 0 Å². The van der Waals surface area contributed by atoms with Crippen LogP contribution in [-0.2, 0) is 17.6 Å². The number of aromatic nitrogens is 2. The summed E-state index contributed by atoms with van der Waals surface area (Å²) in [6.07, 6.45) is 7.99. The minimum Gasteiger partial charge on any atom is -0.338 e. The highest BCUT2D eigenvalue weighted by molar-refractivity contribution is 5.89. The van der Waals surface area contributed by atoms with Crippen molar-refractivity contribution in [3.63, 3.8) is 0 Å². The lowest BCUT2D eigenvalue weighted by Gasteiger charge is -2.37. The fourth-order valence-electron chi connectivity index (χ4n) is 5.87. The van der Waals surface area contributed by atoms with Crippen molar-refractivity contribution in [2.24, 2.45) is 11.5 Å². The zero-order valence-electron chi connectivity index (χ0n) is 23.3. The summed E-state index contributed by atoms with van der Waals surface area (Å²) in [5.74, 6) is 0.0565. The molecule has 2 aliphatic carbocycles. The standard InChI is InChI=1S/C28H40N8O3.ClH/c1-28(2,30)25(37)34-11-13-35(14-12-34)26(38)32-24-9-10-36(27(39)33-24)23-8-3-18-15-22(16-19(18)17-23)31-21-6-4-20(29)5-7-21;/h3,8-10,17,20-22,31H,4-7,11-16,29-30H2,1-2H3,(H,32,33,38,39);1H. The number of piperazine rings is 1. The van der Waals surface area contributed by atoms with Crippen molar-refractivity contribution < 1.29 is 9.59 Å². The van der Waals surface area contributed by atoms with Gasteiger partial charge in [-0.1, -0.05) is 6.07 Å². The molecule has 3 aliphatic rings. The van der Waals surface area contributed by atoms with E-state index in [2.05, 4.69) is 27.8 Å². The van der Waals surface area contributed by atoms with Gasteiger partial charge in [-0.05, 0) is 81.7 Å². The van der Waals surface area contributed by atoms with Crippen LogP contribution in [0, 0.1) is 0 Å². The van der Waals surface area contributed by atoms with Gasteiger partial charge in [-0.3, -0.25) is 14.7 Å². The van der Waals surface area contributed by atoms with Crippen molar-refractivity contribution in [2.45, 2.75) is 76.0 Å². The van der Waals surface area contributed by atoms with Crippen LogP contribution in [0.1, 0.15) is 50.7 Å². The van der Waals surface area contributed by atoms with Gasteiger partial charge in [0.2, 0.25) is 5.91 Å². The Balaban J connectivity index is 0.00000370. The molecule has 2 fully saturated rings. The molecule has 5 rings (SSSR count). The largest absolute Gasteiger partial charge is 0.354 e. The maximum Gasteiger partial charge on any atom is 0.354 e. The van der Waals surface area contributed by atoms with E-state index in [0.29, 0.717) is 44.3 Å². The van der Waals surface area contributed by atoms with Gasteiger partial charge >= 0.3 is 11.7 Å². The minimum absolute atomic E-state index is 0. The molecule has 12 heteroatoms. The number of benzene rings is 1. The highest BCUT2D eigenvalue weighted by Crippen LogP contribution is 2.27. The van der Waals surface area contributed by atoms with Gasteiger partial charge in [-0.2, -0.15) is 4.98 Å². The highest BCUT2D eigenvalue weighted by atomic mass is 35.5. The molecule has 1 saturated carbocycles. The molecule has 1 saturated heterocycles. The number of hydrogen-bond acceptors (Lipinski definition) is 7. The number of rotatable bonds is 5. The van der Waals surface area contributed by atoms with Crippen LogP contribution in [0.15, 0.2) is 35.3 Å². The van der Waals surface area contributed by atoms with Crippen LogP contribution in [0.4, 0.5) is 10.6 Å². The number of nitrogens with one attached hydrogen (secondary N) is 2. The third-order valence-electron chi connectivity index (χ3n) is 8.09. The Labute approximate surface area is 241 Å². The van der Waals surface area contributed by atoms with E-state index in [4.69, 9.17) is 11.5 Å². The summed E-state index contributed by atoms with van der Waals surface area (Å²) in [5.41, 5.74) is 13.9. The zero-order valence-corrected chi connectivity index (χ0v) is 24.1. The Kier molecular flexibility index (Phi) is 9.19. The van der Waals surface area contributed by atoms with E-state index in [1.807, 2.05) is 6.07 Å². The van der Waals surface area contributed by atoms with E-state index in [0.717, 1.165) is 44.2 Å². The third kappa shape index (κ3) is 6.83. The smallest absolute Gasteiger partial charge is 0.338 e. The van der Waals surface area contributed by atoms with E-state index in [1.165, 1.54) is 15.7 Å². The fourth-order valence-corrected chi connectivity index (χ4v) is 5.87. The SMILES string of the molecule is CC(C)(N)C(=O)N1CCN(C(=O)Nc2ccn(-c3ccc4c(c3)CC(NC3CCC(N)CC3)C4)c(=O)n2)CC1.Cl. The number of fused-ring (bicyclic) bond motifs is 1. The second kappa shape index (κ2) is 12.3. The number of nitrogens with two attached hydrogens (primary N) is 2. The van der Waals surface area contributed by atoms with Crippen LogP contribution >= 0.6 is 12.4 Å². The molecule has 6 N–H and O–H groups in total. The first-order valence-electron chi connectivity index (χ1n) is 13.9. The summed E-state index contributed by atoms with van der Waals surface area (Å²) in [4.78, 5) is 45.4. The van der Waals surface area contributed by atoms with Gasteiger partial charge in [0.15, 0.2) is 0 Å². The monoisotopic (exact) mass is 572 g/mol. The van der Waals surface area contributed by atoms with Crippen LogP contribution in [0.25, 0.3) is 5.69 Å². The first kappa shape index (κ1) is 30.0. The lowest BCUT2D eigenvalue weighted by Crippen LogP contribution is -2.58. The Morgan fingerprint density at radius 2 is 1.60 bits per heavy atom. The quantitative estimate of drug-likeness (QED) is 0.422. The third-order valence-corrected chi connectivity index (χ3v) is 8.09. The Hall–Kier alpha value is -2.99. The summed E-state index contributed by atoms with van der Waals surface area (Å²) in [6, 6.07) is 8.67. The number of anilines is 1. The first-order chi connectivity index (χ1) is 18.6. The zero-order chi connectivity index (χ0) is 27.7. The molecule has 2 aromatic rings. The van der Waals surface area contributed by atoms with E-state index >= 15 is 0 Å². The number of carbonyl (C=O) groups excluding carboxylic acids is 2. The number of nitrogens with zero attached hydrogens (tertiary/aromatic N) is 4. The van der Waals surface area contributed by atoms with Crippen LogP contribution in [-0.4, -0.2) is 81.1 Å². The van der Waals surface area contributed by atoms with Gasteiger partial charge in [0.25, 0.3) is 0 Å². The number of carbonyl (C=O) groups is 2. The Morgan fingerprint density at radius 3 is 2.25 bits per heavy atom. The minimum atomic E-state index is -0.945. The van der Waals surface area contributed by atoms with E-state index < -0.39 is 11.2 Å². The molecule has 1 aromatic carbocycles. The Morgan fingerprint density at radius 1 is 0.950 bits per heavy atom. The van der Waals surface area contributed by atoms with Gasteiger partial charge in [0, 0.05) is 50.5 Å². The molecular formula is C28H41ClN8O3. The normalized spacial score (nSPS) is 22.9. The molecule has 218 valence electrons. The highest BCUT2D eigenvalue weighted by Gasteiger charge is 2.31. The maximum absolute atomic E-state index is 12.9. The molecule has 2 heterocycles. The van der Waals surface area contributed by atoms with E-state index in [-0.39, 0.29) is 30.2 Å². The maximum atomic E-state index is 12.9. The molecule has 40 heavy (non-hydrogen) atoms. The average molecular weight is 573 g/mol. The number of amides is 3. The van der Waals surface area contributed by atoms with Crippen LogP contribution in [0.2, 0.25) is 0 Å².